The van der Waals surface area contributed by atoms with Gasteiger partial charge in [0.2, 0.25) is 0 Å². The van der Waals surface area contributed by atoms with E-state index in [-0.39, 0.29) is 0 Å². The van der Waals surface area contributed by atoms with Gasteiger partial charge >= 0.3 is 0 Å². The van der Waals surface area contributed by atoms with Crippen LogP contribution in [0.4, 0.5) is 5.69 Å². The number of hydrogen-bond acceptors (Lipinski definition) is 3. The molecule has 0 atom stereocenters. The molecule has 0 aliphatic heterocycles. The number of halogens is 1. The van der Waals surface area contributed by atoms with Crippen LogP contribution in [0.5, 0.6) is 5.75 Å². The Bertz CT molecular complexity index is 277. The molecular formula is C7H8ClNOS. The van der Waals surface area contributed by atoms with Gasteiger partial charge in [-0.3, -0.25) is 0 Å². The number of benzene rings is 1. The lowest BCUT2D eigenvalue weighted by Crippen LogP contribution is -1.93. The van der Waals surface area contributed by atoms with Crippen molar-refractivity contribution in [2.75, 3.05) is 12.8 Å². The van der Waals surface area contributed by atoms with E-state index in [4.69, 9.17) is 22.1 Å². The maximum atomic E-state index is 5.73. The van der Waals surface area contributed by atoms with Gasteiger partial charge in [-0.1, -0.05) is 11.6 Å². The highest BCUT2D eigenvalue weighted by Crippen LogP contribution is 2.33. The first-order valence-corrected chi connectivity index (χ1v) is 3.80. The summed E-state index contributed by atoms with van der Waals surface area (Å²) >= 11 is 9.83. The van der Waals surface area contributed by atoms with Crippen LogP contribution < -0.4 is 10.5 Å². The van der Waals surface area contributed by atoms with Gasteiger partial charge < -0.3 is 10.5 Å². The Labute approximate surface area is 75.7 Å². The summed E-state index contributed by atoms with van der Waals surface area (Å²) in [4.78, 5) is 0.561. The van der Waals surface area contributed by atoms with Gasteiger partial charge in [0.1, 0.15) is 5.75 Å². The molecule has 4 heteroatoms. The number of thiol groups is 1. The lowest BCUT2D eigenvalue weighted by atomic mass is 10.3. The third kappa shape index (κ3) is 1.54. The molecule has 0 radical (unpaired) electrons. The molecule has 0 fully saturated rings. The van der Waals surface area contributed by atoms with E-state index in [0.29, 0.717) is 21.4 Å². The monoisotopic (exact) mass is 189 g/mol. The average molecular weight is 190 g/mol. The molecule has 0 aliphatic carbocycles. The summed E-state index contributed by atoms with van der Waals surface area (Å²) in [6.45, 7) is 0. The minimum atomic E-state index is 0.475. The third-order valence-electron chi connectivity index (χ3n) is 1.35. The van der Waals surface area contributed by atoms with Crippen LogP contribution in [0.3, 0.4) is 0 Å². The second-order valence-electron chi connectivity index (χ2n) is 2.01. The van der Waals surface area contributed by atoms with Gasteiger partial charge in [0.25, 0.3) is 0 Å². The van der Waals surface area contributed by atoms with Crippen molar-refractivity contribution in [1.29, 1.82) is 0 Å². The highest BCUT2D eigenvalue weighted by molar-refractivity contribution is 7.80. The maximum absolute atomic E-state index is 5.73. The van der Waals surface area contributed by atoms with Crippen molar-refractivity contribution in [3.8, 4) is 5.75 Å². The zero-order valence-electron chi connectivity index (χ0n) is 5.97. The Hall–Kier alpha value is -0.540. The van der Waals surface area contributed by atoms with Crippen LogP contribution in [0.15, 0.2) is 17.0 Å². The fraction of sp³-hybridized carbons (Fsp3) is 0.143. The fourth-order valence-corrected chi connectivity index (χ4v) is 1.09. The average Bonchev–Trinajstić information content (AvgIpc) is 2.01. The van der Waals surface area contributed by atoms with Crippen molar-refractivity contribution in [2.45, 2.75) is 4.90 Å². The summed E-state index contributed by atoms with van der Waals surface area (Å²) in [5.41, 5.74) is 6.08. The molecule has 0 amide bonds. The highest BCUT2D eigenvalue weighted by atomic mass is 35.5. The Morgan fingerprint density at radius 3 is 2.73 bits per heavy atom. The van der Waals surface area contributed by atoms with E-state index in [1.807, 2.05) is 0 Å². The number of anilines is 1. The van der Waals surface area contributed by atoms with Crippen molar-refractivity contribution in [1.82, 2.24) is 0 Å². The molecule has 0 spiro atoms. The van der Waals surface area contributed by atoms with Gasteiger partial charge in [-0.15, -0.1) is 12.6 Å². The molecule has 2 nitrogen and oxygen atoms in total. The zero-order chi connectivity index (χ0) is 8.43. The number of nitrogens with two attached hydrogens (primary N) is 1. The van der Waals surface area contributed by atoms with E-state index < -0.39 is 0 Å². The SMILES string of the molecule is COc1ccc(Cl)c(S)c1N. The van der Waals surface area contributed by atoms with Crippen LogP contribution in [0, 0.1) is 0 Å². The first kappa shape index (κ1) is 8.56. The van der Waals surface area contributed by atoms with Crippen LogP contribution in [-0.4, -0.2) is 7.11 Å². The van der Waals surface area contributed by atoms with E-state index in [9.17, 15) is 0 Å². The molecule has 0 saturated carbocycles. The highest BCUT2D eigenvalue weighted by Gasteiger charge is 2.05. The van der Waals surface area contributed by atoms with Gasteiger partial charge in [0, 0.05) is 4.90 Å². The predicted molar refractivity (Wildman–Crippen MR) is 49.7 cm³/mol. The normalized spacial score (nSPS) is 9.73. The number of methoxy groups -OCH3 is 1. The van der Waals surface area contributed by atoms with Crippen LogP contribution in [-0.2, 0) is 0 Å². The molecule has 1 aromatic rings. The smallest absolute Gasteiger partial charge is 0.142 e. The predicted octanol–water partition coefficient (Wildman–Crippen LogP) is 2.22. The molecule has 2 N–H and O–H groups in total. The summed E-state index contributed by atoms with van der Waals surface area (Å²) in [5.74, 6) is 0.597. The molecule has 60 valence electrons. The van der Waals surface area contributed by atoms with Crippen molar-refractivity contribution in [2.24, 2.45) is 0 Å². The van der Waals surface area contributed by atoms with E-state index in [2.05, 4.69) is 12.6 Å². The molecule has 0 saturated heterocycles. The number of rotatable bonds is 1. The van der Waals surface area contributed by atoms with Crippen LogP contribution in [0.1, 0.15) is 0 Å². The Morgan fingerprint density at radius 2 is 2.18 bits per heavy atom. The fourth-order valence-electron chi connectivity index (χ4n) is 0.741. The standard InChI is InChI=1S/C7H8ClNOS/c1-10-5-3-2-4(8)7(11)6(5)9/h2-3,11H,9H2,1H3. The van der Waals surface area contributed by atoms with Crippen molar-refractivity contribution in [3.63, 3.8) is 0 Å². The molecule has 1 rings (SSSR count). The summed E-state index contributed by atoms with van der Waals surface area (Å²) < 4.78 is 4.95. The summed E-state index contributed by atoms with van der Waals surface area (Å²) in [6.07, 6.45) is 0. The van der Waals surface area contributed by atoms with E-state index in [1.165, 1.54) is 0 Å². The molecule has 1 aromatic carbocycles. The molecule has 0 bridgehead atoms. The van der Waals surface area contributed by atoms with Crippen LogP contribution in [0.25, 0.3) is 0 Å². The van der Waals surface area contributed by atoms with Crippen LogP contribution in [0.2, 0.25) is 5.02 Å². The van der Waals surface area contributed by atoms with Gasteiger partial charge in [0.15, 0.2) is 0 Å². The lowest BCUT2D eigenvalue weighted by Gasteiger charge is -2.06. The minimum Gasteiger partial charge on any atom is -0.495 e. The van der Waals surface area contributed by atoms with Crippen LogP contribution >= 0.6 is 24.2 Å². The van der Waals surface area contributed by atoms with Crippen molar-refractivity contribution in [3.05, 3.63) is 17.2 Å². The third-order valence-corrected chi connectivity index (χ3v) is 2.28. The van der Waals surface area contributed by atoms with Gasteiger partial charge in [-0.05, 0) is 12.1 Å². The first-order chi connectivity index (χ1) is 5.16. The largest absolute Gasteiger partial charge is 0.495 e. The second kappa shape index (κ2) is 3.24. The molecule has 0 heterocycles. The lowest BCUT2D eigenvalue weighted by molar-refractivity contribution is 0.416. The number of hydrogen-bond donors (Lipinski definition) is 2. The summed E-state index contributed by atoms with van der Waals surface area (Å²) in [7, 11) is 1.55. The van der Waals surface area contributed by atoms with Crippen molar-refractivity contribution < 1.29 is 4.74 Å². The first-order valence-electron chi connectivity index (χ1n) is 2.97. The topological polar surface area (TPSA) is 35.2 Å². The van der Waals surface area contributed by atoms with Gasteiger partial charge in [-0.25, -0.2) is 0 Å². The van der Waals surface area contributed by atoms with E-state index in [1.54, 1.807) is 19.2 Å². The summed E-state index contributed by atoms with van der Waals surface area (Å²) in [5, 5.41) is 0.534. The Kier molecular flexibility index (Phi) is 2.52. The zero-order valence-corrected chi connectivity index (χ0v) is 7.62. The Balaban J connectivity index is 3.25. The minimum absolute atomic E-state index is 0.475. The maximum Gasteiger partial charge on any atom is 0.142 e. The Morgan fingerprint density at radius 1 is 1.55 bits per heavy atom. The number of ether oxygens (including phenoxy) is 1. The molecular weight excluding hydrogens is 182 g/mol. The molecule has 0 aliphatic rings. The number of nitrogen functional groups attached to an aromatic ring is 1. The van der Waals surface area contributed by atoms with Gasteiger partial charge in [0.05, 0.1) is 17.8 Å². The van der Waals surface area contributed by atoms with Gasteiger partial charge in [-0.2, -0.15) is 0 Å². The quantitative estimate of drug-likeness (QED) is 0.525. The summed E-state index contributed by atoms with van der Waals surface area (Å²) in [6, 6.07) is 3.40. The van der Waals surface area contributed by atoms with E-state index >= 15 is 0 Å². The van der Waals surface area contributed by atoms with Crippen molar-refractivity contribution >= 4 is 29.9 Å². The molecule has 11 heavy (non-hydrogen) atoms. The molecule has 0 aromatic heterocycles. The van der Waals surface area contributed by atoms with E-state index in [0.717, 1.165) is 0 Å². The molecule has 0 unspecified atom stereocenters. The second-order valence-corrected chi connectivity index (χ2v) is 2.87.